The zero-order chi connectivity index (χ0) is 19.1. The number of rotatable bonds is 5. The zero-order valence-electron chi connectivity index (χ0n) is 16.8. The third kappa shape index (κ3) is 4.11. The van der Waals surface area contributed by atoms with Gasteiger partial charge in [-0.2, -0.15) is 0 Å². The van der Waals surface area contributed by atoms with E-state index in [0.717, 1.165) is 19.3 Å². The standard InChI is InChI=1S/C22H32N2O2/c1-14-10-17(22(3,4)5)11-15(2)19(14)8-9-23-21(26)16-12-20(25)24(13-16)18-6-7-18/h10-11,16,18H,6-9,12-13H2,1-5H3,(H,23,26). The number of aryl methyl sites for hydroxylation is 2. The van der Waals surface area contributed by atoms with Gasteiger partial charge in [0.1, 0.15) is 0 Å². The van der Waals surface area contributed by atoms with Crippen molar-refractivity contribution in [1.29, 1.82) is 0 Å². The number of carbonyl (C=O) groups excluding carboxylic acids is 2. The Morgan fingerprint density at radius 1 is 1.19 bits per heavy atom. The van der Waals surface area contributed by atoms with Gasteiger partial charge in [-0.15, -0.1) is 0 Å². The molecule has 142 valence electrons. The molecule has 1 N–H and O–H groups in total. The summed E-state index contributed by atoms with van der Waals surface area (Å²) in [5.74, 6) is 0.00814. The molecule has 1 aromatic rings. The molecule has 0 radical (unpaired) electrons. The first-order valence-corrected chi connectivity index (χ1v) is 9.84. The molecular weight excluding hydrogens is 324 g/mol. The zero-order valence-corrected chi connectivity index (χ0v) is 16.8. The van der Waals surface area contributed by atoms with Crippen molar-refractivity contribution in [3.05, 3.63) is 34.4 Å². The Bertz CT molecular complexity index is 690. The van der Waals surface area contributed by atoms with E-state index in [1.54, 1.807) is 0 Å². The highest BCUT2D eigenvalue weighted by Crippen LogP contribution is 2.32. The van der Waals surface area contributed by atoms with Gasteiger partial charge in [-0.25, -0.2) is 0 Å². The van der Waals surface area contributed by atoms with E-state index in [-0.39, 0.29) is 23.1 Å². The summed E-state index contributed by atoms with van der Waals surface area (Å²) in [5.41, 5.74) is 5.40. The molecule has 0 spiro atoms. The van der Waals surface area contributed by atoms with Crippen molar-refractivity contribution < 1.29 is 9.59 Å². The summed E-state index contributed by atoms with van der Waals surface area (Å²) in [5, 5.41) is 3.05. The molecule has 0 aromatic heterocycles. The van der Waals surface area contributed by atoms with E-state index < -0.39 is 0 Å². The minimum atomic E-state index is -0.173. The topological polar surface area (TPSA) is 49.4 Å². The van der Waals surface area contributed by atoms with Gasteiger partial charge >= 0.3 is 0 Å². The molecule has 0 bridgehead atoms. The molecular formula is C22H32N2O2. The molecule has 4 heteroatoms. The van der Waals surface area contributed by atoms with Crippen LogP contribution in [0, 0.1) is 19.8 Å². The molecule has 2 fully saturated rings. The van der Waals surface area contributed by atoms with Crippen LogP contribution in [0.25, 0.3) is 0 Å². The molecule has 1 atom stereocenters. The van der Waals surface area contributed by atoms with Crippen LogP contribution in [0.4, 0.5) is 0 Å². The van der Waals surface area contributed by atoms with E-state index in [9.17, 15) is 9.59 Å². The number of benzene rings is 1. The molecule has 3 rings (SSSR count). The van der Waals surface area contributed by atoms with Crippen LogP contribution in [0.3, 0.4) is 0 Å². The number of nitrogens with zero attached hydrogens (tertiary/aromatic N) is 1. The first-order chi connectivity index (χ1) is 12.2. The molecule has 4 nitrogen and oxygen atoms in total. The van der Waals surface area contributed by atoms with Gasteiger partial charge in [0.05, 0.1) is 5.92 Å². The Kier molecular flexibility index (Phi) is 5.14. The van der Waals surface area contributed by atoms with E-state index in [2.05, 4.69) is 52.1 Å². The Labute approximate surface area is 157 Å². The molecule has 1 unspecified atom stereocenters. The van der Waals surface area contributed by atoms with Gasteiger partial charge in [-0.3, -0.25) is 9.59 Å². The molecule has 26 heavy (non-hydrogen) atoms. The molecule has 1 saturated heterocycles. The summed E-state index contributed by atoms with van der Waals surface area (Å²) < 4.78 is 0. The highest BCUT2D eigenvalue weighted by Gasteiger charge is 2.41. The highest BCUT2D eigenvalue weighted by atomic mass is 16.2. The smallest absolute Gasteiger partial charge is 0.225 e. The first kappa shape index (κ1) is 18.9. The van der Waals surface area contributed by atoms with Crippen LogP contribution < -0.4 is 5.32 Å². The average Bonchev–Trinajstić information content (AvgIpc) is 3.31. The fraction of sp³-hybridized carbons (Fsp3) is 0.636. The van der Waals surface area contributed by atoms with Gasteiger partial charge in [0.2, 0.25) is 11.8 Å². The van der Waals surface area contributed by atoms with Gasteiger partial charge < -0.3 is 10.2 Å². The minimum Gasteiger partial charge on any atom is -0.355 e. The fourth-order valence-corrected chi connectivity index (χ4v) is 3.92. The molecule has 2 amide bonds. The summed E-state index contributed by atoms with van der Waals surface area (Å²) in [7, 11) is 0. The average molecular weight is 357 g/mol. The summed E-state index contributed by atoms with van der Waals surface area (Å²) in [6, 6.07) is 4.95. The molecule has 1 saturated carbocycles. The molecule has 2 aliphatic rings. The van der Waals surface area contributed by atoms with Crippen molar-refractivity contribution in [2.75, 3.05) is 13.1 Å². The van der Waals surface area contributed by atoms with E-state index in [4.69, 9.17) is 0 Å². The second-order valence-electron chi connectivity index (χ2n) is 9.06. The molecule has 1 aromatic carbocycles. The lowest BCUT2D eigenvalue weighted by Crippen LogP contribution is -2.34. The quantitative estimate of drug-likeness (QED) is 0.880. The molecule has 1 aliphatic carbocycles. The number of nitrogens with one attached hydrogen (secondary N) is 1. The second-order valence-corrected chi connectivity index (χ2v) is 9.06. The second kappa shape index (κ2) is 7.05. The maximum Gasteiger partial charge on any atom is 0.225 e. The van der Waals surface area contributed by atoms with E-state index in [1.807, 2.05) is 4.90 Å². The number of likely N-dealkylation sites (tertiary alicyclic amines) is 1. The summed E-state index contributed by atoms with van der Waals surface area (Å²) >= 11 is 0. The van der Waals surface area contributed by atoms with Crippen molar-refractivity contribution in [3.63, 3.8) is 0 Å². The van der Waals surface area contributed by atoms with Crippen LogP contribution in [0.2, 0.25) is 0 Å². The summed E-state index contributed by atoms with van der Waals surface area (Å²) in [6.45, 7) is 12.2. The third-order valence-electron chi connectivity index (χ3n) is 5.75. The number of carbonyl (C=O) groups is 2. The lowest BCUT2D eigenvalue weighted by atomic mass is 9.83. The SMILES string of the molecule is Cc1cc(C(C)(C)C)cc(C)c1CCNC(=O)C1CC(=O)N(C2CC2)C1. The number of amides is 2. The van der Waals surface area contributed by atoms with Crippen LogP contribution in [-0.4, -0.2) is 35.8 Å². The number of hydrogen-bond acceptors (Lipinski definition) is 2. The lowest BCUT2D eigenvalue weighted by molar-refractivity contribution is -0.129. The first-order valence-electron chi connectivity index (χ1n) is 9.84. The third-order valence-corrected chi connectivity index (χ3v) is 5.75. The van der Waals surface area contributed by atoms with E-state index in [0.29, 0.717) is 25.6 Å². The van der Waals surface area contributed by atoms with Crippen LogP contribution >= 0.6 is 0 Å². The Balaban J connectivity index is 1.55. The monoisotopic (exact) mass is 356 g/mol. The van der Waals surface area contributed by atoms with E-state index in [1.165, 1.54) is 22.3 Å². The van der Waals surface area contributed by atoms with Gasteiger partial charge in [0.15, 0.2) is 0 Å². The Morgan fingerprint density at radius 2 is 1.81 bits per heavy atom. The van der Waals surface area contributed by atoms with Crippen molar-refractivity contribution in [2.24, 2.45) is 5.92 Å². The normalized spacial score (nSPS) is 20.6. The van der Waals surface area contributed by atoms with E-state index >= 15 is 0 Å². The molecule has 1 aliphatic heterocycles. The highest BCUT2D eigenvalue weighted by molar-refractivity contribution is 5.89. The van der Waals surface area contributed by atoms with Gasteiger partial charge in [0, 0.05) is 25.6 Å². The van der Waals surface area contributed by atoms with Crippen LogP contribution in [-0.2, 0) is 21.4 Å². The summed E-state index contributed by atoms with van der Waals surface area (Å²) in [4.78, 5) is 26.4. The largest absolute Gasteiger partial charge is 0.355 e. The summed E-state index contributed by atoms with van der Waals surface area (Å²) in [6.07, 6.45) is 3.41. The maximum absolute atomic E-state index is 12.4. The van der Waals surface area contributed by atoms with Crippen LogP contribution in [0.15, 0.2) is 12.1 Å². The van der Waals surface area contributed by atoms with Crippen molar-refractivity contribution in [2.45, 2.75) is 71.8 Å². The van der Waals surface area contributed by atoms with Gasteiger partial charge in [0.25, 0.3) is 0 Å². The lowest BCUT2D eigenvalue weighted by Gasteiger charge is -2.22. The van der Waals surface area contributed by atoms with Crippen molar-refractivity contribution >= 4 is 11.8 Å². The minimum absolute atomic E-state index is 0.0307. The van der Waals surface area contributed by atoms with Crippen LogP contribution in [0.1, 0.15) is 62.3 Å². The van der Waals surface area contributed by atoms with Gasteiger partial charge in [-0.05, 0) is 60.8 Å². The van der Waals surface area contributed by atoms with Gasteiger partial charge in [-0.1, -0.05) is 32.9 Å². The maximum atomic E-state index is 12.4. The number of hydrogen-bond donors (Lipinski definition) is 1. The van der Waals surface area contributed by atoms with Crippen LogP contribution in [0.5, 0.6) is 0 Å². The predicted molar refractivity (Wildman–Crippen MR) is 104 cm³/mol. The fourth-order valence-electron chi connectivity index (χ4n) is 3.92. The Hall–Kier alpha value is -1.84. The Morgan fingerprint density at radius 3 is 2.35 bits per heavy atom. The molecule has 1 heterocycles. The van der Waals surface area contributed by atoms with Crippen molar-refractivity contribution in [3.8, 4) is 0 Å². The predicted octanol–water partition coefficient (Wildman–Crippen LogP) is 3.27. The van der Waals surface area contributed by atoms with Crippen molar-refractivity contribution in [1.82, 2.24) is 10.2 Å².